The summed E-state index contributed by atoms with van der Waals surface area (Å²) in [5.74, 6) is 0.366. The molecule has 0 aliphatic carbocycles. The quantitative estimate of drug-likeness (QED) is 0.464. The largest absolute Gasteiger partial charge is 0.423 e. The standard InChI is InChI=1S/C28H36N2O4S/c1-19(2)24-17-25-21(16-27(31)34-26(25)15-20(24)3)18-29-11-13-30(14-12-29)35(32,33)23-9-7-22(8-10-23)28(4,5)6/h7-10,15-17,19H,11-14,18H2,1-6H3. The number of hydrogen-bond donors (Lipinski definition) is 0. The number of hydrogen-bond acceptors (Lipinski definition) is 5. The molecule has 1 aliphatic heterocycles. The number of aryl methyl sites for hydroxylation is 1. The van der Waals surface area contributed by atoms with E-state index in [2.05, 4.69) is 45.6 Å². The zero-order chi connectivity index (χ0) is 25.5. The van der Waals surface area contributed by atoms with Gasteiger partial charge in [0, 0.05) is 44.2 Å². The van der Waals surface area contributed by atoms with Crippen LogP contribution in [-0.2, 0) is 22.0 Å². The number of nitrogens with zero attached hydrogens (tertiary/aromatic N) is 2. The van der Waals surface area contributed by atoms with Crippen molar-refractivity contribution < 1.29 is 12.8 Å². The third-order valence-electron chi connectivity index (χ3n) is 6.92. The van der Waals surface area contributed by atoms with Gasteiger partial charge in [-0.25, -0.2) is 13.2 Å². The Bertz CT molecular complexity index is 1380. The van der Waals surface area contributed by atoms with Gasteiger partial charge in [-0.1, -0.05) is 46.8 Å². The summed E-state index contributed by atoms with van der Waals surface area (Å²) in [7, 11) is -3.54. The van der Waals surface area contributed by atoms with E-state index >= 15 is 0 Å². The van der Waals surface area contributed by atoms with Crippen molar-refractivity contribution in [2.24, 2.45) is 0 Å². The van der Waals surface area contributed by atoms with Crippen LogP contribution in [0.1, 0.15) is 62.8 Å². The fourth-order valence-electron chi connectivity index (χ4n) is 4.79. The highest BCUT2D eigenvalue weighted by Gasteiger charge is 2.29. The van der Waals surface area contributed by atoms with Gasteiger partial charge in [-0.2, -0.15) is 4.31 Å². The van der Waals surface area contributed by atoms with Crippen molar-refractivity contribution in [2.45, 2.75) is 64.3 Å². The van der Waals surface area contributed by atoms with Gasteiger partial charge in [0.15, 0.2) is 0 Å². The molecule has 1 aliphatic rings. The van der Waals surface area contributed by atoms with E-state index in [0.717, 1.165) is 22.1 Å². The van der Waals surface area contributed by atoms with Gasteiger partial charge in [0.25, 0.3) is 0 Å². The van der Waals surface area contributed by atoms with Crippen LogP contribution in [0.15, 0.2) is 56.6 Å². The minimum atomic E-state index is -3.54. The van der Waals surface area contributed by atoms with Crippen molar-refractivity contribution in [3.63, 3.8) is 0 Å². The summed E-state index contributed by atoms with van der Waals surface area (Å²) in [5.41, 5.74) is 4.60. The van der Waals surface area contributed by atoms with Crippen LogP contribution >= 0.6 is 0 Å². The predicted octanol–water partition coefficient (Wildman–Crippen LogP) is 5.03. The van der Waals surface area contributed by atoms with E-state index in [9.17, 15) is 13.2 Å². The first kappa shape index (κ1) is 25.6. The Kier molecular flexibility index (Phi) is 6.97. The van der Waals surface area contributed by atoms with E-state index in [1.54, 1.807) is 22.5 Å². The molecule has 1 saturated heterocycles. The molecule has 2 heterocycles. The maximum Gasteiger partial charge on any atom is 0.336 e. The SMILES string of the molecule is Cc1cc2oc(=O)cc(CN3CCN(S(=O)(=O)c4ccc(C(C)(C)C)cc4)CC3)c2cc1C(C)C. The summed E-state index contributed by atoms with van der Waals surface area (Å²) in [6.07, 6.45) is 0. The van der Waals surface area contributed by atoms with Crippen molar-refractivity contribution in [1.82, 2.24) is 9.21 Å². The molecule has 0 unspecified atom stereocenters. The van der Waals surface area contributed by atoms with E-state index in [-0.39, 0.29) is 11.0 Å². The van der Waals surface area contributed by atoms with Crippen LogP contribution in [0.4, 0.5) is 0 Å². The topological polar surface area (TPSA) is 70.8 Å². The third-order valence-corrected chi connectivity index (χ3v) is 8.84. The van der Waals surface area contributed by atoms with Crippen LogP contribution in [0.2, 0.25) is 0 Å². The summed E-state index contributed by atoms with van der Waals surface area (Å²) in [4.78, 5) is 14.8. The summed E-state index contributed by atoms with van der Waals surface area (Å²) < 4.78 is 33.5. The molecule has 1 aromatic heterocycles. The van der Waals surface area contributed by atoms with Gasteiger partial charge in [0.2, 0.25) is 10.0 Å². The summed E-state index contributed by atoms with van der Waals surface area (Å²) in [6.45, 7) is 15.3. The van der Waals surface area contributed by atoms with Crippen molar-refractivity contribution in [3.8, 4) is 0 Å². The molecule has 0 radical (unpaired) electrons. The highest BCUT2D eigenvalue weighted by atomic mass is 32.2. The molecule has 0 bridgehead atoms. The normalized spacial score (nSPS) is 16.3. The van der Waals surface area contributed by atoms with Crippen molar-refractivity contribution >= 4 is 21.0 Å². The lowest BCUT2D eigenvalue weighted by atomic mass is 9.87. The minimum absolute atomic E-state index is 0.0264. The molecule has 2 aromatic carbocycles. The number of benzene rings is 2. The number of fused-ring (bicyclic) bond motifs is 1. The Hall–Kier alpha value is -2.48. The molecule has 7 heteroatoms. The van der Waals surface area contributed by atoms with Gasteiger partial charge in [-0.3, -0.25) is 4.90 Å². The van der Waals surface area contributed by atoms with Crippen LogP contribution < -0.4 is 5.63 Å². The van der Waals surface area contributed by atoms with Crippen LogP contribution in [0.25, 0.3) is 11.0 Å². The van der Waals surface area contributed by atoms with Gasteiger partial charge >= 0.3 is 5.63 Å². The fourth-order valence-corrected chi connectivity index (χ4v) is 6.21. The second kappa shape index (κ2) is 9.52. The Morgan fingerprint density at radius 3 is 2.17 bits per heavy atom. The lowest BCUT2D eigenvalue weighted by Gasteiger charge is -2.34. The number of sulfonamides is 1. The van der Waals surface area contributed by atoms with Gasteiger partial charge in [0.1, 0.15) is 5.58 Å². The molecule has 0 saturated carbocycles. The van der Waals surface area contributed by atoms with Crippen molar-refractivity contribution in [3.05, 3.63) is 75.1 Å². The second-order valence-corrected chi connectivity index (χ2v) is 12.8. The highest BCUT2D eigenvalue weighted by molar-refractivity contribution is 7.89. The smallest absolute Gasteiger partial charge is 0.336 e. The molecule has 6 nitrogen and oxygen atoms in total. The average Bonchev–Trinajstić information content (AvgIpc) is 2.78. The van der Waals surface area contributed by atoms with E-state index in [1.807, 2.05) is 25.1 Å². The van der Waals surface area contributed by atoms with E-state index in [1.165, 1.54) is 5.56 Å². The van der Waals surface area contributed by atoms with Crippen LogP contribution in [0.3, 0.4) is 0 Å². The number of piperazine rings is 1. The first-order valence-electron chi connectivity index (χ1n) is 12.3. The molecular weight excluding hydrogens is 460 g/mol. The van der Waals surface area contributed by atoms with E-state index in [0.29, 0.717) is 49.1 Å². The van der Waals surface area contributed by atoms with Crippen LogP contribution in [0.5, 0.6) is 0 Å². The Morgan fingerprint density at radius 1 is 0.971 bits per heavy atom. The van der Waals surface area contributed by atoms with Gasteiger partial charge in [0.05, 0.1) is 4.90 Å². The Balaban J connectivity index is 1.50. The monoisotopic (exact) mass is 496 g/mol. The van der Waals surface area contributed by atoms with Crippen molar-refractivity contribution in [2.75, 3.05) is 26.2 Å². The molecule has 0 amide bonds. The molecule has 1 fully saturated rings. The van der Waals surface area contributed by atoms with Gasteiger partial charge in [-0.05, 0) is 64.8 Å². The average molecular weight is 497 g/mol. The second-order valence-electron chi connectivity index (χ2n) is 10.9. The zero-order valence-corrected chi connectivity index (χ0v) is 22.4. The summed E-state index contributed by atoms with van der Waals surface area (Å²) >= 11 is 0. The first-order chi connectivity index (χ1) is 16.4. The Morgan fingerprint density at radius 2 is 1.60 bits per heavy atom. The number of rotatable bonds is 5. The molecule has 0 N–H and O–H groups in total. The first-order valence-corrected chi connectivity index (χ1v) is 13.7. The predicted molar refractivity (Wildman–Crippen MR) is 140 cm³/mol. The summed E-state index contributed by atoms with van der Waals surface area (Å²) in [5, 5.41) is 0.952. The minimum Gasteiger partial charge on any atom is -0.423 e. The summed E-state index contributed by atoms with van der Waals surface area (Å²) in [6, 6.07) is 12.9. The van der Waals surface area contributed by atoms with Crippen LogP contribution in [-0.4, -0.2) is 43.8 Å². The molecule has 35 heavy (non-hydrogen) atoms. The zero-order valence-electron chi connectivity index (χ0n) is 21.6. The van der Waals surface area contributed by atoms with Gasteiger partial charge < -0.3 is 4.42 Å². The van der Waals surface area contributed by atoms with Crippen molar-refractivity contribution in [1.29, 1.82) is 0 Å². The van der Waals surface area contributed by atoms with E-state index < -0.39 is 10.0 Å². The van der Waals surface area contributed by atoms with Crippen LogP contribution in [0, 0.1) is 6.92 Å². The molecule has 0 spiro atoms. The third kappa shape index (κ3) is 5.37. The molecule has 0 atom stereocenters. The maximum absolute atomic E-state index is 13.2. The lowest BCUT2D eigenvalue weighted by Crippen LogP contribution is -2.48. The molecular formula is C28H36N2O4S. The van der Waals surface area contributed by atoms with E-state index in [4.69, 9.17) is 4.42 Å². The molecule has 3 aromatic rings. The Labute approximate surface area is 208 Å². The fraction of sp³-hybridized carbons (Fsp3) is 0.464. The highest BCUT2D eigenvalue weighted by Crippen LogP contribution is 2.28. The maximum atomic E-state index is 13.2. The molecule has 188 valence electrons. The van der Waals surface area contributed by atoms with Gasteiger partial charge in [-0.15, -0.1) is 0 Å². The lowest BCUT2D eigenvalue weighted by molar-refractivity contribution is 0.182. The molecule has 4 rings (SSSR count).